The highest BCUT2D eigenvalue weighted by molar-refractivity contribution is 5.19. The lowest BCUT2D eigenvalue weighted by atomic mass is 9.94. The lowest BCUT2D eigenvalue weighted by Crippen LogP contribution is -2.19. The average molecular weight is 214 g/mol. The SMILES string of the molecule is CCC(O)C(C)Cc1cc(F)ccc1F. The Kier molecular flexibility index (Phi) is 4.21. The number of rotatable bonds is 4. The fourth-order valence-electron chi connectivity index (χ4n) is 1.59. The van der Waals surface area contributed by atoms with E-state index in [1.165, 1.54) is 6.07 Å². The molecular weight excluding hydrogens is 198 g/mol. The molecule has 0 amide bonds. The van der Waals surface area contributed by atoms with E-state index in [1.54, 1.807) is 0 Å². The van der Waals surface area contributed by atoms with Crippen molar-refractivity contribution in [2.75, 3.05) is 0 Å². The van der Waals surface area contributed by atoms with Crippen LogP contribution in [-0.2, 0) is 6.42 Å². The van der Waals surface area contributed by atoms with Gasteiger partial charge in [-0.1, -0.05) is 13.8 Å². The van der Waals surface area contributed by atoms with Crippen molar-refractivity contribution in [1.29, 1.82) is 0 Å². The maximum Gasteiger partial charge on any atom is 0.126 e. The fraction of sp³-hybridized carbons (Fsp3) is 0.500. The summed E-state index contributed by atoms with van der Waals surface area (Å²) in [6.45, 7) is 3.70. The zero-order chi connectivity index (χ0) is 11.4. The van der Waals surface area contributed by atoms with Crippen molar-refractivity contribution in [1.82, 2.24) is 0 Å². The Bertz CT molecular complexity index is 325. The Balaban J connectivity index is 2.75. The Morgan fingerprint density at radius 3 is 2.60 bits per heavy atom. The topological polar surface area (TPSA) is 20.2 Å². The molecule has 0 heterocycles. The molecule has 2 unspecified atom stereocenters. The first-order valence-corrected chi connectivity index (χ1v) is 5.16. The van der Waals surface area contributed by atoms with E-state index in [9.17, 15) is 13.9 Å². The average Bonchev–Trinajstić information content (AvgIpc) is 2.22. The van der Waals surface area contributed by atoms with Crippen LogP contribution < -0.4 is 0 Å². The maximum atomic E-state index is 13.2. The monoisotopic (exact) mass is 214 g/mol. The van der Waals surface area contributed by atoms with Crippen LogP contribution in [0.2, 0.25) is 0 Å². The Morgan fingerprint density at radius 2 is 2.00 bits per heavy atom. The molecule has 0 saturated heterocycles. The van der Waals surface area contributed by atoms with Crippen molar-refractivity contribution in [2.24, 2.45) is 5.92 Å². The minimum absolute atomic E-state index is 0.0636. The van der Waals surface area contributed by atoms with Crippen LogP contribution in [0.15, 0.2) is 18.2 Å². The molecule has 0 spiro atoms. The molecule has 84 valence electrons. The van der Waals surface area contributed by atoms with Crippen molar-refractivity contribution in [3.8, 4) is 0 Å². The van der Waals surface area contributed by atoms with Gasteiger partial charge in [0.2, 0.25) is 0 Å². The molecule has 15 heavy (non-hydrogen) atoms. The van der Waals surface area contributed by atoms with Crippen LogP contribution >= 0.6 is 0 Å². The summed E-state index contributed by atoms with van der Waals surface area (Å²) >= 11 is 0. The van der Waals surface area contributed by atoms with Gasteiger partial charge in [-0.15, -0.1) is 0 Å². The maximum absolute atomic E-state index is 13.2. The molecule has 2 atom stereocenters. The summed E-state index contributed by atoms with van der Waals surface area (Å²) < 4.78 is 26.1. The third-order valence-electron chi connectivity index (χ3n) is 2.62. The van der Waals surface area contributed by atoms with Crippen LogP contribution in [0.4, 0.5) is 8.78 Å². The van der Waals surface area contributed by atoms with Crippen molar-refractivity contribution in [2.45, 2.75) is 32.8 Å². The van der Waals surface area contributed by atoms with E-state index in [0.29, 0.717) is 18.4 Å². The number of hydrogen-bond donors (Lipinski definition) is 1. The summed E-state index contributed by atoms with van der Waals surface area (Å²) in [5.41, 5.74) is 0.329. The van der Waals surface area contributed by atoms with Gasteiger partial charge in [0, 0.05) is 0 Å². The van der Waals surface area contributed by atoms with Crippen molar-refractivity contribution in [3.05, 3.63) is 35.4 Å². The first-order valence-electron chi connectivity index (χ1n) is 5.16. The van der Waals surface area contributed by atoms with Gasteiger partial charge in [0.1, 0.15) is 11.6 Å². The number of hydrogen-bond acceptors (Lipinski definition) is 1. The molecule has 0 aliphatic heterocycles. The van der Waals surface area contributed by atoms with Gasteiger partial charge in [-0.05, 0) is 42.5 Å². The lowest BCUT2D eigenvalue weighted by Gasteiger charge is -2.17. The molecule has 1 rings (SSSR count). The van der Waals surface area contributed by atoms with Gasteiger partial charge in [-0.3, -0.25) is 0 Å². The molecule has 1 nitrogen and oxygen atoms in total. The summed E-state index contributed by atoms with van der Waals surface area (Å²) in [6.07, 6.45) is 0.518. The second kappa shape index (κ2) is 5.21. The Hall–Kier alpha value is -0.960. The first kappa shape index (κ1) is 12.1. The molecule has 0 fully saturated rings. The van der Waals surface area contributed by atoms with Gasteiger partial charge in [0.05, 0.1) is 6.10 Å². The second-order valence-electron chi connectivity index (χ2n) is 3.89. The summed E-state index contributed by atoms with van der Waals surface area (Å²) in [4.78, 5) is 0. The number of aliphatic hydroxyl groups is 1. The van der Waals surface area contributed by atoms with Gasteiger partial charge in [0.15, 0.2) is 0 Å². The predicted molar refractivity (Wildman–Crippen MR) is 55.5 cm³/mol. The van der Waals surface area contributed by atoms with Crippen molar-refractivity contribution in [3.63, 3.8) is 0 Å². The van der Waals surface area contributed by atoms with E-state index in [4.69, 9.17) is 0 Å². The minimum Gasteiger partial charge on any atom is -0.393 e. The third kappa shape index (κ3) is 3.27. The summed E-state index contributed by atoms with van der Waals surface area (Å²) in [5, 5.41) is 9.53. The van der Waals surface area contributed by atoms with Gasteiger partial charge in [-0.2, -0.15) is 0 Å². The van der Waals surface area contributed by atoms with Crippen LogP contribution in [0.1, 0.15) is 25.8 Å². The highest BCUT2D eigenvalue weighted by Crippen LogP contribution is 2.17. The van der Waals surface area contributed by atoms with Crippen LogP contribution in [0, 0.1) is 17.6 Å². The molecule has 1 N–H and O–H groups in total. The number of benzene rings is 1. The Labute approximate surface area is 88.7 Å². The van der Waals surface area contributed by atoms with E-state index in [0.717, 1.165) is 12.1 Å². The molecule has 3 heteroatoms. The van der Waals surface area contributed by atoms with Gasteiger partial charge in [-0.25, -0.2) is 8.78 Å². The summed E-state index contributed by atoms with van der Waals surface area (Å²) in [7, 11) is 0. The number of aliphatic hydroxyl groups excluding tert-OH is 1. The molecule has 0 aromatic heterocycles. The molecular formula is C12H16F2O. The summed E-state index contributed by atoms with van der Waals surface area (Å²) in [5.74, 6) is -0.914. The molecule has 1 aromatic rings. The Morgan fingerprint density at radius 1 is 1.33 bits per heavy atom. The zero-order valence-corrected chi connectivity index (χ0v) is 9.00. The fourth-order valence-corrected chi connectivity index (χ4v) is 1.59. The normalized spacial score (nSPS) is 15.0. The lowest BCUT2D eigenvalue weighted by molar-refractivity contribution is 0.112. The van der Waals surface area contributed by atoms with Crippen LogP contribution in [0.5, 0.6) is 0 Å². The van der Waals surface area contributed by atoms with Crippen LogP contribution in [-0.4, -0.2) is 11.2 Å². The highest BCUT2D eigenvalue weighted by Gasteiger charge is 2.15. The highest BCUT2D eigenvalue weighted by atomic mass is 19.1. The third-order valence-corrected chi connectivity index (χ3v) is 2.62. The van der Waals surface area contributed by atoms with Crippen molar-refractivity contribution < 1.29 is 13.9 Å². The van der Waals surface area contributed by atoms with Gasteiger partial charge >= 0.3 is 0 Å². The standard InChI is InChI=1S/C12H16F2O/c1-3-12(15)8(2)6-9-7-10(13)4-5-11(9)14/h4-5,7-8,12,15H,3,6H2,1-2H3. The van der Waals surface area contributed by atoms with Gasteiger partial charge < -0.3 is 5.11 Å². The predicted octanol–water partition coefficient (Wildman–Crippen LogP) is 2.91. The zero-order valence-electron chi connectivity index (χ0n) is 9.00. The van der Waals surface area contributed by atoms with Crippen LogP contribution in [0.25, 0.3) is 0 Å². The minimum atomic E-state index is -0.465. The summed E-state index contributed by atoms with van der Waals surface area (Å²) in [6, 6.07) is 3.41. The molecule has 0 radical (unpaired) electrons. The van der Waals surface area contributed by atoms with E-state index < -0.39 is 17.7 Å². The van der Waals surface area contributed by atoms with Crippen LogP contribution in [0.3, 0.4) is 0 Å². The second-order valence-corrected chi connectivity index (χ2v) is 3.89. The molecule has 0 aliphatic carbocycles. The molecule has 0 aliphatic rings. The van der Waals surface area contributed by atoms with E-state index in [1.807, 2.05) is 13.8 Å². The van der Waals surface area contributed by atoms with Crippen molar-refractivity contribution >= 4 is 0 Å². The van der Waals surface area contributed by atoms with E-state index in [-0.39, 0.29) is 5.92 Å². The first-order chi connectivity index (χ1) is 7.04. The quantitative estimate of drug-likeness (QED) is 0.817. The molecule has 0 bridgehead atoms. The van der Waals surface area contributed by atoms with E-state index in [2.05, 4.69) is 0 Å². The largest absolute Gasteiger partial charge is 0.393 e. The molecule has 0 saturated carbocycles. The smallest absolute Gasteiger partial charge is 0.126 e. The van der Waals surface area contributed by atoms with Gasteiger partial charge in [0.25, 0.3) is 0 Å². The number of halogens is 2. The van der Waals surface area contributed by atoms with E-state index >= 15 is 0 Å². The molecule has 1 aromatic carbocycles.